The number of hydrogen-bond acceptors (Lipinski definition) is 1. The molecule has 0 saturated carbocycles. The fourth-order valence-electron chi connectivity index (χ4n) is 2.04. The van der Waals surface area contributed by atoms with Gasteiger partial charge in [0.05, 0.1) is 5.02 Å². The van der Waals surface area contributed by atoms with Crippen LogP contribution in [0.15, 0.2) is 40.9 Å². The van der Waals surface area contributed by atoms with Crippen LogP contribution in [0.5, 0.6) is 0 Å². The van der Waals surface area contributed by atoms with Crippen molar-refractivity contribution in [2.24, 2.45) is 5.73 Å². The summed E-state index contributed by atoms with van der Waals surface area (Å²) in [4.78, 5) is 0. The Morgan fingerprint density at radius 2 is 1.80 bits per heavy atom. The minimum absolute atomic E-state index is 0.0848. The van der Waals surface area contributed by atoms with Crippen molar-refractivity contribution >= 4 is 27.5 Å². The Bertz CT molecular complexity index is 615. The highest BCUT2D eigenvalue weighted by Crippen LogP contribution is 2.22. The van der Waals surface area contributed by atoms with Gasteiger partial charge in [0.15, 0.2) is 0 Å². The zero-order chi connectivity index (χ0) is 14.7. The van der Waals surface area contributed by atoms with Gasteiger partial charge in [-0.15, -0.1) is 0 Å². The fourth-order valence-corrected chi connectivity index (χ4v) is 2.65. The van der Waals surface area contributed by atoms with Crippen molar-refractivity contribution in [3.05, 3.63) is 68.7 Å². The highest BCUT2D eigenvalue weighted by Gasteiger charge is 2.13. The van der Waals surface area contributed by atoms with E-state index in [0.29, 0.717) is 18.4 Å². The lowest BCUT2D eigenvalue weighted by Crippen LogP contribution is -2.26. The molecule has 2 N–H and O–H groups in total. The van der Waals surface area contributed by atoms with Crippen LogP contribution in [0.25, 0.3) is 0 Å². The first-order valence-corrected chi connectivity index (χ1v) is 7.27. The van der Waals surface area contributed by atoms with E-state index in [1.54, 1.807) is 18.2 Å². The Balaban J connectivity index is 2.11. The monoisotopic (exact) mass is 359 g/mol. The lowest BCUT2D eigenvalue weighted by molar-refractivity contribution is 0.581. The van der Waals surface area contributed by atoms with E-state index in [2.05, 4.69) is 15.9 Å². The van der Waals surface area contributed by atoms with Gasteiger partial charge < -0.3 is 5.73 Å². The Hall–Kier alpha value is -0.970. The zero-order valence-electron chi connectivity index (χ0n) is 10.5. The van der Waals surface area contributed by atoms with Crippen molar-refractivity contribution in [3.63, 3.8) is 0 Å². The number of nitrogens with two attached hydrogens (primary N) is 1. The first kappa shape index (κ1) is 15.4. The maximum Gasteiger partial charge on any atom is 0.145 e. The topological polar surface area (TPSA) is 26.0 Å². The molecule has 2 rings (SSSR count). The molecule has 5 heteroatoms. The summed E-state index contributed by atoms with van der Waals surface area (Å²) >= 11 is 9.08. The molecular formula is C15H13BrClF2N. The second-order valence-corrected chi connectivity index (χ2v) is 5.88. The molecule has 0 aromatic heterocycles. The largest absolute Gasteiger partial charge is 0.327 e. The molecule has 0 aliphatic rings. The molecule has 0 spiro atoms. The van der Waals surface area contributed by atoms with E-state index in [1.165, 1.54) is 18.2 Å². The Labute approximate surface area is 129 Å². The van der Waals surface area contributed by atoms with E-state index in [9.17, 15) is 8.78 Å². The van der Waals surface area contributed by atoms with Crippen LogP contribution in [0.4, 0.5) is 8.78 Å². The van der Waals surface area contributed by atoms with Crippen LogP contribution in [-0.4, -0.2) is 6.04 Å². The third-order valence-corrected chi connectivity index (χ3v) is 4.07. The molecule has 1 unspecified atom stereocenters. The highest BCUT2D eigenvalue weighted by molar-refractivity contribution is 9.10. The molecule has 1 atom stereocenters. The van der Waals surface area contributed by atoms with Gasteiger partial charge in [0, 0.05) is 10.5 Å². The van der Waals surface area contributed by atoms with Crippen molar-refractivity contribution in [2.45, 2.75) is 18.9 Å². The van der Waals surface area contributed by atoms with Gasteiger partial charge in [-0.2, -0.15) is 0 Å². The minimum atomic E-state index is -0.442. The summed E-state index contributed by atoms with van der Waals surface area (Å²) in [5.74, 6) is -0.757. The van der Waals surface area contributed by atoms with Gasteiger partial charge in [-0.3, -0.25) is 0 Å². The van der Waals surface area contributed by atoms with Gasteiger partial charge in [0.1, 0.15) is 11.6 Å². The minimum Gasteiger partial charge on any atom is -0.327 e. The van der Waals surface area contributed by atoms with E-state index in [0.717, 1.165) is 10.0 Å². The van der Waals surface area contributed by atoms with Crippen molar-refractivity contribution in [3.8, 4) is 0 Å². The smallest absolute Gasteiger partial charge is 0.145 e. The summed E-state index contributed by atoms with van der Waals surface area (Å²) in [7, 11) is 0. The maximum absolute atomic E-state index is 13.8. The number of rotatable bonds is 4. The first-order chi connectivity index (χ1) is 9.47. The lowest BCUT2D eigenvalue weighted by Gasteiger charge is -2.14. The molecule has 0 saturated heterocycles. The Kier molecular flexibility index (Phi) is 5.13. The molecule has 0 fully saturated rings. The summed E-state index contributed by atoms with van der Waals surface area (Å²) in [6.07, 6.45) is 0.791. The molecule has 0 bridgehead atoms. The van der Waals surface area contributed by atoms with Crippen LogP contribution < -0.4 is 5.73 Å². The van der Waals surface area contributed by atoms with E-state index in [-0.39, 0.29) is 16.9 Å². The predicted octanol–water partition coefficient (Wildman–Crippen LogP) is 4.49. The molecule has 2 aromatic carbocycles. The first-order valence-electron chi connectivity index (χ1n) is 6.09. The lowest BCUT2D eigenvalue weighted by atomic mass is 9.99. The van der Waals surface area contributed by atoms with E-state index in [4.69, 9.17) is 17.3 Å². The second-order valence-electron chi connectivity index (χ2n) is 4.62. The van der Waals surface area contributed by atoms with Crippen molar-refractivity contribution in [1.82, 2.24) is 0 Å². The van der Waals surface area contributed by atoms with E-state index >= 15 is 0 Å². The average molecular weight is 361 g/mol. The predicted molar refractivity (Wildman–Crippen MR) is 80.9 cm³/mol. The zero-order valence-corrected chi connectivity index (χ0v) is 12.9. The molecule has 0 radical (unpaired) electrons. The second kappa shape index (κ2) is 6.66. The van der Waals surface area contributed by atoms with Crippen LogP contribution in [-0.2, 0) is 12.8 Å². The quantitative estimate of drug-likeness (QED) is 0.854. The fraction of sp³-hybridized carbons (Fsp3) is 0.200. The van der Waals surface area contributed by atoms with Gasteiger partial charge in [-0.05, 0) is 48.2 Å². The summed E-state index contributed by atoms with van der Waals surface area (Å²) < 4.78 is 27.8. The van der Waals surface area contributed by atoms with Crippen LogP contribution in [0.1, 0.15) is 11.1 Å². The molecule has 0 amide bonds. The molecule has 106 valence electrons. The Morgan fingerprint density at radius 3 is 2.55 bits per heavy atom. The van der Waals surface area contributed by atoms with Crippen LogP contribution in [0.2, 0.25) is 5.02 Å². The summed E-state index contributed by atoms with van der Waals surface area (Å²) in [6.45, 7) is 0. The summed E-state index contributed by atoms with van der Waals surface area (Å²) in [5.41, 5.74) is 7.26. The third kappa shape index (κ3) is 3.78. The van der Waals surface area contributed by atoms with Gasteiger partial charge in [-0.25, -0.2) is 8.78 Å². The molecule has 0 aliphatic carbocycles. The maximum atomic E-state index is 13.8. The van der Waals surface area contributed by atoms with Crippen molar-refractivity contribution in [2.75, 3.05) is 0 Å². The van der Waals surface area contributed by atoms with Crippen LogP contribution >= 0.6 is 27.5 Å². The number of hydrogen-bond donors (Lipinski definition) is 1. The van der Waals surface area contributed by atoms with E-state index in [1.807, 2.05) is 0 Å². The summed E-state index contributed by atoms with van der Waals surface area (Å²) in [5, 5.41) is 0.0848. The molecule has 0 aliphatic heterocycles. The molecule has 2 aromatic rings. The SMILES string of the molecule is NC(Cc1cc(F)ccc1Br)Cc1cccc(Cl)c1F. The van der Waals surface area contributed by atoms with Gasteiger partial charge in [-0.1, -0.05) is 39.7 Å². The number of benzene rings is 2. The standard InChI is InChI=1S/C15H13BrClF2N/c16-13-5-4-11(18)6-10(13)8-12(20)7-9-2-1-3-14(17)15(9)19/h1-6,12H,7-8,20H2. The average Bonchev–Trinajstić information content (AvgIpc) is 2.39. The highest BCUT2D eigenvalue weighted by atomic mass is 79.9. The van der Waals surface area contributed by atoms with Gasteiger partial charge >= 0.3 is 0 Å². The van der Waals surface area contributed by atoms with Crippen molar-refractivity contribution < 1.29 is 8.78 Å². The van der Waals surface area contributed by atoms with Crippen LogP contribution in [0, 0.1) is 11.6 Å². The Morgan fingerprint density at radius 1 is 1.10 bits per heavy atom. The summed E-state index contributed by atoms with van der Waals surface area (Å²) in [6, 6.07) is 8.95. The third-order valence-electron chi connectivity index (χ3n) is 3.00. The molecular weight excluding hydrogens is 348 g/mol. The molecule has 1 nitrogen and oxygen atoms in total. The molecule has 0 heterocycles. The van der Waals surface area contributed by atoms with Crippen LogP contribution in [0.3, 0.4) is 0 Å². The van der Waals surface area contributed by atoms with E-state index < -0.39 is 5.82 Å². The number of halogens is 4. The normalized spacial score (nSPS) is 12.4. The van der Waals surface area contributed by atoms with Gasteiger partial charge in [0.2, 0.25) is 0 Å². The van der Waals surface area contributed by atoms with Gasteiger partial charge in [0.25, 0.3) is 0 Å². The van der Waals surface area contributed by atoms with Crippen molar-refractivity contribution in [1.29, 1.82) is 0 Å². The molecule has 20 heavy (non-hydrogen) atoms.